The lowest BCUT2D eigenvalue weighted by molar-refractivity contribution is 0.660. The third kappa shape index (κ3) is 4.80. The van der Waals surface area contributed by atoms with E-state index >= 15 is 0 Å². The van der Waals surface area contributed by atoms with Crippen LogP contribution >= 0.6 is 0 Å². The first kappa shape index (κ1) is 37.2. The molecule has 0 N–H and O–H groups in total. The van der Waals surface area contributed by atoms with Crippen LogP contribution in [0, 0.1) is 0 Å². The number of hydrogen-bond acceptors (Lipinski definition) is 1. The smallest absolute Gasteiger partial charge is 0.0754 e. The number of hydrogen-bond donors (Lipinski definition) is 0. The van der Waals surface area contributed by atoms with Crippen LogP contribution in [-0.4, -0.2) is 4.57 Å². The van der Waals surface area contributed by atoms with Gasteiger partial charge in [0, 0.05) is 32.9 Å². The van der Waals surface area contributed by atoms with E-state index in [0.717, 1.165) is 11.4 Å². The molecule has 2 heterocycles. The minimum atomic E-state index is -0.549. The first-order valence-corrected chi connectivity index (χ1v) is 23.2. The molecule has 11 aromatic rings. The molecule has 2 nitrogen and oxygen atoms in total. The molecule has 0 atom stereocenters. The first-order valence-electron chi connectivity index (χ1n) is 23.2. The topological polar surface area (TPSA) is 8.17 Å². The summed E-state index contributed by atoms with van der Waals surface area (Å²) in [5, 5.41) is 2.57. The van der Waals surface area contributed by atoms with E-state index in [2.05, 4.69) is 254 Å². The summed E-state index contributed by atoms with van der Waals surface area (Å²) in [7, 11) is 0. The molecule has 0 bridgehead atoms. The van der Waals surface area contributed by atoms with Crippen LogP contribution in [-0.2, 0) is 10.8 Å². The van der Waals surface area contributed by atoms with Gasteiger partial charge in [0.25, 0.3) is 0 Å². The largest absolute Gasteiger partial charge is 0.309 e. The summed E-state index contributed by atoms with van der Waals surface area (Å²) in [5.41, 5.74) is 24.4. The van der Waals surface area contributed by atoms with Gasteiger partial charge in [-0.25, -0.2) is 0 Å². The highest BCUT2D eigenvalue weighted by atomic mass is 15.2. The molecule has 1 spiro atoms. The van der Waals surface area contributed by atoms with E-state index in [-0.39, 0.29) is 5.41 Å². The van der Waals surface area contributed by atoms with Crippen LogP contribution in [0.1, 0.15) is 47.2 Å². The van der Waals surface area contributed by atoms with Gasteiger partial charge in [0.2, 0.25) is 0 Å². The Morgan fingerprint density at radius 3 is 1.59 bits per heavy atom. The monoisotopic (exact) mass is 840 g/mol. The quantitative estimate of drug-likeness (QED) is 0.168. The maximum atomic E-state index is 2.56. The average molecular weight is 841 g/mol. The Hall–Kier alpha value is -8.20. The molecule has 10 aromatic carbocycles. The molecule has 0 unspecified atom stereocenters. The molecule has 0 radical (unpaired) electrons. The number of fused-ring (bicyclic) bond motifs is 15. The lowest BCUT2D eigenvalue weighted by Crippen LogP contribution is -2.33. The van der Waals surface area contributed by atoms with Crippen molar-refractivity contribution < 1.29 is 0 Å². The number of rotatable bonds is 5. The Morgan fingerprint density at radius 1 is 0.348 bits per heavy atom. The van der Waals surface area contributed by atoms with Gasteiger partial charge in [-0.3, -0.25) is 0 Å². The van der Waals surface area contributed by atoms with E-state index < -0.39 is 5.41 Å². The zero-order valence-electron chi connectivity index (χ0n) is 36.8. The summed E-state index contributed by atoms with van der Waals surface area (Å²) in [6.07, 6.45) is 0. The van der Waals surface area contributed by atoms with Crippen LogP contribution in [0.3, 0.4) is 0 Å². The second kappa shape index (κ2) is 13.7. The zero-order valence-corrected chi connectivity index (χ0v) is 36.8. The van der Waals surface area contributed by atoms with Crippen LogP contribution in [0.4, 0.5) is 17.1 Å². The molecule has 1 aromatic heterocycles. The number of anilines is 3. The fourth-order valence-electron chi connectivity index (χ4n) is 12.5. The molecule has 0 fully saturated rings. The Bertz CT molecular complexity index is 3760. The molecular weight excluding hydrogens is 797 g/mol. The van der Waals surface area contributed by atoms with Gasteiger partial charge >= 0.3 is 0 Å². The molecule has 1 aliphatic heterocycles. The number of benzene rings is 10. The highest BCUT2D eigenvalue weighted by Crippen LogP contribution is 2.62. The second-order valence-electron chi connectivity index (χ2n) is 18.7. The van der Waals surface area contributed by atoms with Gasteiger partial charge < -0.3 is 9.47 Å². The maximum Gasteiger partial charge on any atom is 0.0754 e. The average Bonchev–Trinajstić information content (AvgIpc) is 3.96. The minimum Gasteiger partial charge on any atom is -0.309 e. The van der Waals surface area contributed by atoms with Crippen LogP contribution in [0.5, 0.6) is 0 Å². The molecule has 2 aliphatic carbocycles. The van der Waals surface area contributed by atoms with Crippen LogP contribution < -0.4 is 4.90 Å². The summed E-state index contributed by atoms with van der Waals surface area (Å²) >= 11 is 0. The Balaban J connectivity index is 1.08. The van der Waals surface area contributed by atoms with Crippen molar-refractivity contribution in [2.24, 2.45) is 0 Å². The van der Waals surface area contributed by atoms with Crippen molar-refractivity contribution in [1.29, 1.82) is 0 Å². The van der Waals surface area contributed by atoms with Crippen molar-refractivity contribution in [3.05, 3.63) is 264 Å². The highest BCUT2D eigenvalue weighted by Gasteiger charge is 2.51. The third-order valence-electron chi connectivity index (χ3n) is 15.2. The Labute approximate surface area is 385 Å². The van der Waals surface area contributed by atoms with E-state index in [0.29, 0.717) is 0 Å². The maximum absolute atomic E-state index is 2.56. The lowest BCUT2D eigenvalue weighted by atomic mass is 9.65. The molecule has 3 aliphatic rings. The predicted molar refractivity (Wildman–Crippen MR) is 275 cm³/mol. The summed E-state index contributed by atoms with van der Waals surface area (Å²) < 4.78 is 2.55. The van der Waals surface area contributed by atoms with Gasteiger partial charge in [-0.1, -0.05) is 208 Å². The van der Waals surface area contributed by atoms with Crippen molar-refractivity contribution in [2.75, 3.05) is 4.90 Å². The van der Waals surface area contributed by atoms with E-state index in [9.17, 15) is 0 Å². The minimum absolute atomic E-state index is 0.156. The van der Waals surface area contributed by atoms with Crippen LogP contribution in [0.2, 0.25) is 0 Å². The molecule has 66 heavy (non-hydrogen) atoms. The van der Waals surface area contributed by atoms with E-state index in [1.54, 1.807) is 0 Å². The first-order chi connectivity index (χ1) is 32.5. The summed E-state index contributed by atoms with van der Waals surface area (Å²) in [6, 6.07) is 86.4. The van der Waals surface area contributed by atoms with Crippen LogP contribution in [0.25, 0.3) is 72.0 Å². The molecular formula is C64H44N2. The van der Waals surface area contributed by atoms with Gasteiger partial charge in [0.05, 0.1) is 39.2 Å². The number of nitrogens with zero attached hydrogens (tertiary/aromatic N) is 2. The second-order valence-corrected chi connectivity index (χ2v) is 18.7. The standard InChI is InChI=1S/C64H44N2/c1-63(2)50-29-12-8-27-49(50)61-53(63)32-19-37-60(61)65(56-34-15-9-22-43(56)41-20-4-3-5-21-41)57-35-16-10-23-44(57)42-38-39-59-55(40-42)64(51-30-13-6-24-45(51)46-25-7-14-31-52(46)64)54-33-18-28-48-47-26-11-17-36-58(47)66(59)62(48)54/h3-40H,1-2H3. The van der Waals surface area contributed by atoms with Gasteiger partial charge in [-0.15, -0.1) is 0 Å². The van der Waals surface area contributed by atoms with Gasteiger partial charge in [-0.05, 0) is 97.6 Å². The van der Waals surface area contributed by atoms with Crippen molar-refractivity contribution in [3.8, 4) is 50.2 Å². The Morgan fingerprint density at radius 2 is 0.864 bits per heavy atom. The summed E-state index contributed by atoms with van der Waals surface area (Å²) in [5.74, 6) is 0. The summed E-state index contributed by atoms with van der Waals surface area (Å²) in [4.78, 5) is 2.56. The van der Waals surface area contributed by atoms with Crippen LogP contribution in [0.15, 0.2) is 231 Å². The Kier molecular flexibility index (Phi) is 7.70. The fraction of sp³-hybridized carbons (Fsp3) is 0.0625. The lowest BCUT2D eigenvalue weighted by Gasteiger charge is -2.40. The van der Waals surface area contributed by atoms with E-state index in [1.165, 1.54) is 111 Å². The van der Waals surface area contributed by atoms with Gasteiger partial charge in [0.1, 0.15) is 0 Å². The fourth-order valence-corrected chi connectivity index (χ4v) is 12.5. The molecule has 14 rings (SSSR count). The molecule has 0 saturated carbocycles. The molecule has 0 amide bonds. The zero-order chi connectivity index (χ0) is 43.7. The van der Waals surface area contributed by atoms with Gasteiger partial charge in [-0.2, -0.15) is 0 Å². The number of para-hydroxylation sites is 4. The van der Waals surface area contributed by atoms with Gasteiger partial charge in [0.15, 0.2) is 0 Å². The third-order valence-corrected chi connectivity index (χ3v) is 15.2. The van der Waals surface area contributed by atoms with Crippen molar-refractivity contribution in [2.45, 2.75) is 24.7 Å². The highest BCUT2D eigenvalue weighted by molar-refractivity contribution is 6.13. The summed E-state index contributed by atoms with van der Waals surface area (Å²) in [6.45, 7) is 4.75. The normalized spacial score (nSPS) is 14.2. The SMILES string of the molecule is CC1(C)c2ccccc2-c2c(N(c3ccccc3-c3ccccc3)c3ccccc3-c3ccc4c(c3)C3(c5ccccc5-c5ccccc53)c3cccc5c6ccccc6n-4c35)cccc21. The molecule has 0 saturated heterocycles. The molecule has 310 valence electrons. The number of aromatic nitrogens is 1. The molecule has 2 heteroatoms. The van der Waals surface area contributed by atoms with E-state index in [1.807, 2.05) is 0 Å². The predicted octanol–water partition coefficient (Wildman–Crippen LogP) is 16.6. The van der Waals surface area contributed by atoms with Crippen molar-refractivity contribution in [1.82, 2.24) is 4.57 Å². The van der Waals surface area contributed by atoms with E-state index in [4.69, 9.17) is 0 Å². The van der Waals surface area contributed by atoms with Crippen molar-refractivity contribution >= 4 is 38.9 Å². The van der Waals surface area contributed by atoms with Crippen molar-refractivity contribution in [3.63, 3.8) is 0 Å².